The average molecular weight is 474 g/mol. The summed E-state index contributed by atoms with van der Waals surface area (Å²) in [6, 6.07) is 13.9. The highest BCUT2D eigenvalue weighted by Gasteiger charge is 2.62. The molecule has 2 aliphatic carbocycles. The van der Waals surface area contributed by atoms with Gasteiger partial charge in [-0.1, -0.05) is 23.7 Å². The lowest BCUT2D eigenvalue weighted by Gasteiger charge is -2.28. The van der Waals surface area contributed by atoms with E-state index in [1.165, 1.54) is 43.4 Å². The van der Waals surface area contributed by atoms with E-state index in [9.17, 15) is 8.42 Å². The van der Waals surface area contributed by atoms with Crippen molar-refractivity contribution in [1.29, 1.82) is 0 Å². The van der Waals surface area contributed by atoms with Crippen molar-refractivity contribution in [3.63, 3.8) is 0 Å². The number of anilines is 2. The minimum absolute atomic E-state index is 0.156. The first-order valence-corrected chi connectivity index (χ1v) is 13.7. The largest absolute Gasteiger partial charge is 0.385 e. The van der Waals surface area contributed by atoms with Crippen molar-refractivity contribution in [2.24, 2.45) is 11.3 Å². The molecule has 3 aliphatic rings. The minimum Gasteiger partial charge on any atom is -0.385 e. The van der Waals surface area contributed by atoms with Crippen molar-refractivity contribution in [2.75, 3.05) is 36.4 Å². The molecule has 7 heteroatoms. The van der Waals surface area contributed by atoms with Gasteiger partial charge in [-0.2, -0.15) is 0 Å². The first-order valence-electron chi connectivity index (χ1n) is 11.8. The topological polar surface area (TPSA) is 61.4 Å². The molecule has 0 radical (unpaired) electrons. The fraction of sp³-hybridized carbons (Fsp3) is 0.520. The van der Waals surface area contributed by atoms with Gasteiger partial charge >= 0.3 is 0 Å². The lowest BCUT2D eigenvalue weighted by molar-refractivity contribution is 0.572. The highest BCUT2D eigenvalue weighted by atomic mass is 35.5. The summed E-state index contributed by atoms with van der Waals surface area (Å²) >= 11 is 6.34. The quantitative estimate of drug-likeness (QED) is 0.534. The summed E-state index contributed by atoms with van der Waals surface area (Å²) in [7, 11) is -3.58. The van der Waals surface area contributed by atoms with Gasteiger partial charge < -0.3 is 10.2 Å². The van der Waals surface area contributed by atoms with E-state index in [2.05, 4.69) is 39.2 Å². The zero-order valence-corrected chi connectivity index (χ0v) is 20.0. The Bertz CT molecular complexity index is 1060. The molecule has 172 valence electrons. The van der Waals surface area contributed by atoms with Gasteiger partial charge in [0.05, 0.1) is 5.02 Å². The standard InChI is InChI=1S/C25H32ClN3O2S/c26-23-16-21(6-9-24(23)32(30,31)28-18-20-17-25(20)11-12-25)27-13-10-19-4-7-22(8-5-19)29-14-2-1-3-15-29/h4-9,16,20,27-28H,1-3,10-15,17-18H2. The van der Waals surface area contributed by atoms with Crippen molar-refractivity contribution >= 4 is 33.0 Å². The molecule has 0 bridgehead atoms. The number of halogens is 1. The van der Waals surface area contributed by atoms with Crippen LogP contribution in [0.15, 0.2) is 47.4 Å². The number of hydrogen-bond acceptors (Lipinski definition) is 4. The summed E-state index contributed by atoms with van der Waals surface area (Å²) in [5.41, 5.74) is 3.90. The minimum atomic E-state index is -3.58. The van der Waals surface area contributed by atoms with Crippen molar-refractivity contribution in [2.45, 2.75) is 49.8 Å². The van der Waals surface area contributed by atoms with Crippen LogP contribution in [0.5, 0.6) is 0 Å². The molecule has 1 atom stereocenters. The molecule has 1 aliphatic heterocycles. The van der Waals surface area contributed by atoms with Crippen LogP contribution in [-0.2, 0) is 16.4 Å². The second-order valence-corrected chi connectivity index (χ2v) is 11.8. The Morgan fingerprint density at radius 2 is 1.78 bits per heavy atom. The molecule has 5 nitrogen and oxygen atoms in total. The van der Waals surface area contributed by atoms with Crippen molar-refractivity contribution < 1.29 is 8.42 Å². The third kappa shape index (κ3) is 4.92. The van der Waals surface area contributed by atoms with Crippen LogP contribution in [-0.4, -0.2) is 34.6 Å². The molecule has 2 saturated carbocycles. The molecule has 3 fully saturated rings. The summed E-state index contributed by atoms with van der Waals surface area (Å²) in [6.45, 7) is 3.59. The Morgan fingerprint density at radius 3 is 2.44 bits per heavy atom. The number of rotatable bonds is 9. The van der Waals surface area contributed by atoms with Crippen molar-refractivity contribution in [3.05, 3.63) is 53.1 Å². The zero-order chi connectivity index (χ0) is 22.2. The van der Waals surface area contributed by atoms with Gasteiger partial charge in [0.2, 0.25) is 10.0 Å². The molecule has 32 heavy (non-hydrogen) atoms. The summed E-state index contributed by atoms with van der Waals surface area (Å²) < 4.78 is 28.0. The second-order valence-electron chi connectivity index (χ2n) is 9.65. The van der Waals surface area contributed by atoms with E-state index < -0.39 is 10.0 Å². The lowest BCUT2D eigenvalue weighted by atomic mass is 10.1. The molecule has 1 saturated heterocycles. The van der Waals surface area contributed by atoms with E-state index in [1.807, 2.05) is 0 Å². The SMILES string of the molecule is O=S(=O)(NCC1CC12CC2)c1ccc(NCCc2ccc(N3CCCCC3)cc2)cc1Cl. The summed E-state index contributed by atoms with van der Waals surface area (Å²) in [5.74, 6) is 0.505. The van der Waals surface area contributed by atoms with Crippen LogP contribution in [0.3, 0.4) is 0 Å². The van der Waals surface area contributed by atoms with E-state index in [1.54, 1.807) is 18.2 Å². The first-order chi connectivity index (χ1) is 15.5. The predicted molar refractivity (Wildman–Crippen MR) is 131 cm³/mol. The van der Waals surface area contributed by atoms with Gasteiger partial charge in [0, 0.05) is 37.6 Å². The Hall–Kier alpha value is -1.76. The third-order valence-corrected chi connectivity index (χ3v) is 9.30. The van der Waals surface area contributed by atoms with Crippen LogP contribution in [0.1, 0.15) is 44.1 Å². The molecule has 2 aromatic carbocycles. The van der Waals surface area contributed by atoms with Crippen LogP contribution >= 0.6 is 11.6 Å². The van der Waals surface area contributed by atoms with Crippen LogP contribution in [0.25, 0.3) is 0 Å². The Morgan fingerprint density at radius 1 is 1.03 bits per heavy atom. The fourth-order valence-electron chi connectivity index (χ4n) is 4.99. The van der Waals surface area contributed by atoms with Gasteiger partial charge in [-0.15, -0.1) is 0 Å². The third-order valence-electron chi connectivity index (χ3n) is 7.39. The molecule has 1 unspecified atom stereocenters. The highest BCUT2D eigenvalue weighted by molar-refractivity contribution is 7.89. The number of nitrogens with one attached hydrogen (secondary N) is 2. The molecule has 2 aromatic rings. The molecule has 1 heterocycles. The Labute approximate surface area is 196 Å². The van der Waals surface area contributed by atoms with Crippen LogP contribution in [0, 0.1) is 11.3 Å². The smallest absolute Gasteiger partial charge is 0.242 e. The van der Waals surface area contributed by atoms with Gasteiger partial charge in [-0.3, -0.25) is 0 Å². The van der Waals surface area contributed by atoms with Gasteiger partial charge in [0.1, 0.15) is 4.90 Å². The van der Waals surface area contributed by atoms with Gasteiger partial charge in [0.25, 0.3) is 0 Å². The van der Waals surface area contributed by atoms with Gasteiger partial charge in [0.15, 0.2) is 0 Å². The lowest BCUT2D eigenvalue weighted by Crippen LogP contribution is -2.29. The van der Waals surface area contributed by atoms with Crippen LogP contribution in [0.4, 0.5) is 11.4 Å². The van der Waals surface area contributed by atoms with Crippen molar-refractivity contribution in [3.8, 4) is 0 Å². The maximum atomic E-state index is 12.6. The number of nitrogens with zero attached hydrogens (tertiary/aromatic N) is 1. The van der Waals surface area contributed by atoms with E-state index in [-0.39, 0.29) is 9.92 Å². The maximum absolute atomic E-state index is 12.6. The number of sulfonamides is 1. The average Bonchev–Trinajstić information content (AvgIpc) is 3.72. The molecular formula is C25H32ClN3O2S. The van der Waals surface area contributed by atoms with Crippen molar-refractivity contribution in [1.82, 2.24) is 4.72 Å². The molecule has 5 rings (SSSR count). The highest BCUT2D eigenvalue weighted by Crippen LogP contribution is 2.70. The van der Waals surface area contributed by atoms with Gasteiger partial charge in [-0.05, 0) is 92.2 Å². The van der Waals surface area contributed by atoms with E-state index in [0.29, 0.717) is 17.9 Å². The predicted octanol–water partition coefficient (Wildman–Crippen LogP) is 5.06. The van der Waals surface area contributed by atoms with Crippen LogP contribution in [0.2, 0.25) is 5.02 Å². The van der Waals surface area contributed by atoms with E-state index >= 15 is 0 Å². The normalized spacial score (nSPS) is 21.5. The molecule has 2 N–H and O–H groups in total. The molecular weight excluding hydrogens is 442 g/mol. The monoisotopic (exact) mass is 473 g/mol. The number of piperidine rings is 1. The first kappa shape index (κ1) is 22.1. The Balaban J connectivity index is 1.12. The van der Waals surface area contributed by atoms with E-state index in [0.717, 1.165) is 38.2 Å². The van der Waals surface area contributed by atoms with Crippen LogP contribution < -0.4 is 14.9 Å². The number of benzene rings is 2. The molecule has 0 amide bonds. The van der Waals surface area contributed by atoms with E-state index in [4.69, 9.17) is 11.6 Å². The number of hydrogen-bond donors (Lipinski definition) is 2. The fourth-order valence-corrected chi connectivity index (χ4v) is 6.61. The van der Waals surface area contributed by atoms with Gasteiger partial charge in [-0.25, -0.2) is 13.1 Å². The summed E-state index contributed by atoms with van der Waals surface area (Å²) in [6.07, 6.45) is 8.47. The summed E-state index contributed by atoms with van der Waals surface area (Å²) in [4.78, 5) is 2.62. The summed E-state index contributed by atoms with van der Waals surface area (Å²) in [5, 5.41) is 3.61. The molecule has 0 aromatic heterocycles. The second kappa shape index (κ2) is 8.88. The Kier molecular flexibility index (Phi) is 6.12. The maximum Gasteiger partial charge on any atom is 0.242 e. The zero-order valence-electron chi connectivity index (χ0n) is 18.4. The molecule has 1 spiro atoms.